The molecule has 0 amide bonds. The fourth-order valence-corrected chi connectivity index (χ4v) is 4.61. The van der Waals surface area contributed by atoms with Crippen LogP contribution in [0.15, 0.2) is 60.7 Å². The lowest BCUT2D eigenvalue weighted by Gasteiger charge is -2.31. The highest BCUT2D eigenvalue weighted by atomic mass is 35.5. The van der Waals surface area contributed by atoms with Crippen molar-refractivity contribution in [1.82, 2.24) is 15.0 Å². The summed E-state index contributed by atoms with van der Waals surface area (Å²) in [5.41, 5.74) is 3.09. The van der Waals surface area contributed by atoms with Crippen molar-refractivity contribution in [2.45, 2.75) is 38.3 Å². The molecule has 5 rings (SSSR count). The molecule has 1 atom stereocenters. The highest BCUT2D eigenvalue weighted by Gasteiger charge is 2.36. The molecule has 1 aliphatic heterocycles. The molecule has 184 valence electrons. The van der Waals surface area contributed by atoms with Gasteiger partial charge in [-0.05, 0) is 61.4 Å². The van der Waals surface area contributed by atoms with E-state index in [0.29, 0.717) is 35.4 Å². The van der Waals surface area contributed by atoms with Gasteiger partial charge in [0.05, 0.1) is 16.9 Å². The molecular formula is C27H22ClF3N4O. The predicted molar refractivity (Wildman–Crippen MR) is 133 cm³/mol. The first-order chi connectivity index (χ1) is 17.2. The van der Waals surface area contributed by atoms with E-state index < -0.39 is 12.0 Å². The fourth-order valence-electron chi connectivity index (χ4n) is 4.49. The third-order valence-electron chi connectivity index (χ3n) is 6.31. The molecule has 0 N–H and O–H groups in total. The first-order valence-electron chi connectivity index (χ1n) is 11.6. The van der Waals surface area contributed by atoms with Gasteiger partial charge in [0.15, 0.2) is 5.78 Å². The van der Waals surface area contributed by atoms with Gasteiger partial charge in [0.1, 0.15) is 5.82 Å². The van der Waals surface area contributed by atoms with Gasteiger partial charge in [-0.15, -0.1) is 0 Å². The number of pyridine rings is 1. The number of hydrogen-bond donors (Lipinski definition) is 0. The number of halogens is 4. The second kappa shape index (κ2) is 9.50. The molecule has 0 fully saturated rings. The number of hydrogen-bond acceptors (Lipinski definition) is 5. The van der Waals surface area contributed by atoms with Gasteiger partial charge in [0.2, 0.25) is 5.82 Å². The van der Waals surface area contributed by atoms with Crippen molar-refractivity contribution >= 4 is 39.8 Å². The van der Waals surface area contributed by atoms with Gasteiger partial charge in [-0.25, -0.2) is 9.97 Å². The van der Waals surface area contributed by atoms with Crippen LogP contribution in [0, 0.1) is 0 Å². The Morgan fingerprint density at radius 2 is 1.78 bits per heavy atom. The van der Waals surface area contributed by atoms with Gasteiger partial charge >= 0.3 is 6.18 Å². The van der Waals surface area contributed by atoms with E-state index >= 15 is 0 Å². The molecule has 2 aromatic heterocycles. The number of aryl methyl sites for hydroxylation is 1. The molecule has 2 aromatic carbocycles. The van der Waals surface area contributed by atoms with Crippen molar-refractivity contribution in [1.29, 1.82) is 0 Å². The molecule has 0 aliphatic carbocycles. The number of rotatable bonds is 5. The van der Waals surface area contributed by atoms with Crippen LogP contribution in [-0.4, -0.2) is 27.3 Å². The molecule has 1 unspecified atom stereocenters. The molecule has 0 spiro atoms. The average Bonchev–Trinajstić information content (AvgIpc) is 2.87. The van der Waals surface area contributed by atoms with Gasteiger partial charge in [0, 0.05) is 40.5 Å². The summed E-state index contributed by atoms with van der Waals surface area (Å²) in [5.74, 6) is -1.09. The Morgan fingerprint density at radius 1 is 1.03 bits per heavy atom. The quantitative estimate of drug-likeness (QED) is 0.267. The number of carbonyl (C=O) groups excluding carboxylic acids is 1. The first-order valence-corrected chi connectivity index (χ1v) is 12.0. The van der Waals surface area contributed by atoms with Crippen LogP contribution in [0.2, 0.25) is 5.02 Å². The summed E-state index contributed by atoms with van der Waals surface area (Å²) in [4.78, 5) is 27.0. The number of benzene rings is 2. The smallest absolute Gasteiger partial charge is 0.324 e. The first kappa shape index (κ1) is 24.2. The predicted octanol–water partition coefficient (Wildman–Crippen LogP) is 7.16. The van der Waals surface area contributed by atoms with Crippen LogP contribution in [0.5, 0.6) is 0 Å². The number of aromatic nitrogens is 3. The molecule has 9 heteroatoms. The normalized spacial score (nSPS) is 14.5. The van der Waals surface area contributed by atoms with Crippen LogP contribution in [0.3, 0.4) is 0 Å². The minimum absolute atomic E-state index is 0.00699. The standard InChI is InChI=1S/C27H22ClF3N4O/c1-16(15-24(36)17-8-10-18(28)11-9-17)20-12-13-23-22(32-20)7-4-14-35(23)25-19-5-2-3-6-21(19)33-26(34-25)27(29,30)31/h2-3,5-6,8-13,16H,4,7,14-15H2,1H3. The molecule has 5 nitrogen and oxygen atoms in total. The molecule has 1 aliphatic rings. The van der Waals surface area contributed by atoms with E-state index in [1.807, 2.05) is 19.1 Å². The van der Waals surface area contributed by atoms with Gasteiger partial charge < -0.3 is 4.90 Å². The number of anilines is 2. The van der Waals surface area contributed by atoms with Crippen LogP contribution < -0.4 is 4.90 Å². The Bertz CT molecular complexity index is 1440. The lowest BCUT2D eigenvalue weighted by molar-refractivity contribution is -0.144. The monoisotopic (exact) mass is 510 g/mol. The summed E-state index contributed by atoms with van der Waals surface area (Å²) >= 11 is 5.92. The number of alkyl halides is 3. The van der Waals surface area contributed by atoms with Gasteiger partial charge in [-0.3, -0.25) is 9.78 Å². The second-order valence-corrected chi connectivity index (χ2v) is 9.31. The third kappa shape index (κ3) is 4.78. The van der Waals surface area contributed by atoms with Crippen LogP contribution in [0.25, 0.3) is 10.9 Å². The minimum Gasteiger partial charge on any atom is -0.324 e. The number of carbonyl (C=O) groups is 1. The molecule has 4 aromatic rings. The Labute approximate surface area is 211 Å². The Balaban J connectivity index is 1.47. The highest BCUT2D eigenvalue weighted by molar-refractivity contribution is 6.30. The van der Waals surface area contributed by atoms with Crippen LogP contribution in [-0.2, 0) is 12.6 Å². The van der Waals surface area contributed by atoms with Crippen molar-refractivity contribution < 1.29 is 18.0 Å². The van der Waals surface area contributed by atoms with Gasteiger partial charge in [-0.2, -0.15) is 13.2 Å². The number of para-hydroxylation sites is 1. The van der Waals surface area contributed by atoms with Crippen molar-refractivity contribution in [3.8, 4) is 0 Å². The summed E-state index contributed by atoms with van der Waals surface area (Å²) in [7, 11) is 0. The molecule has 36 heavy (non-hydrogen) atoms. The zero-order valence-corrected chi connectivity index (χ0v) is 20.1. The van der Waals surface area contributed by atoms with E-state index in [0.717, 1.165) is 17.1 Å². The second-order valence-electron chi connectivity index (χ2n) is 8.88. The molecule has 0 saturated carbocycles. The lowest BCUT2D eigenvalue weighted by Crippen LogP contribution is -2.28. The van der Waals surface area contributed by atoms with Crippen molar-refractivity contribution in [3.05, 3.63) is 88.5 Å². The zero-order valence-electron chi connectivity index (χ0n) is 19.4. The van der Waals surface area contributed by atoms with Crippen LogP contribution in [0.4, 0.5) is 24.7 Å². The molecular weight excluding hydrogens is 489 g/mol. The Morgan fingerprint density at radius 3 is 2.53 bits per heavy atom. The summed E-state index contributed by atoms with van der Waals surface area (Å²) in [6.07, 6.45) is -2.98. The van der Waals surface area contributed by atoms with E-state index in [4.69, 9.17) is 16.6 Å². The van der Waals surface area contributed by atoms with Gasteiger partial charge in [0.25, 0.3) is 0 Å². The largest absolute Gasteiger partial charge is 0.451 e. The summed E-state index contributed by atoms with van der Waals surface area (Å²) in [6.45, 7) is 2.45. The molecule has 0 saturated heterocycles. The average molecular weight is 511 g/mol. The molecule has 3 heterocycles. The zero-order chi connectivity index (χ0) is 25.4. The van der Waals surface area contributed by atoms with E-state index in [9.17, 15) is 18.0 Å². The fraction of sp³-hybridized carbons (Fsp3) is 0.259. The molecule has 0 bridgehead atoms. The topological polar surface area (TPSA) is 59.0 Å². The Kier molecular flexibility index (Phi) is 6.38. The van der Waals surface area contributed by atoms with Crippen molar-refractivity contribution in [3.63, 3.8) is 0 Å². The number of nitrogens with zero attached hydrogens (tertiary/aromatic N) is 4. The van der Waals surface area contributed by atoms with Crippen molar-refractivity contribution in [2.24, 2.45) is 0 Å². The SMILES string of the molecule is CC(CC(=O)c1ccc(Cl)cc1)c1ccc2c(n1)CCCN2c1nc(C(F)(F)F)nc2ccccc12. The third-order valence-corrected chi connectivity index (χ3v) is 6.56. The number of Topliss-reactive ketones (excluding diaryl/α,β-unsaturated/α-hetero) is 1. The maximum atomic E-state index is 13.6. The maximum absolute atomic E-state index is 13.6. The minimum atomic E-state index is -4.66. The Hall–Kier alpha value is -3.52. The van der Waals surface area contributed by atoms with Gasteiger partial charge in [-0.1, -0.05) is 30.7 Å². The van der Waals surface area contributed by atoms with E-state index in [1.54, 1.807) is 53.4 Å². The van der Waals surface area contributed by atoms with Crippen LogP contribution >= 0.6 is 11.6 Å². The van der Waals surface area contributed by atoms with E-state index in [2.05, 4.69) is 9.97 Å². The lowest BCUT2D eigenvalue weighted by atomic mass is 9.95. The van der Waals surface area contributed by atoms with Crippen molar-refractivity contribution in [2.75, 3.05) is 11.4 Å². The number of fused-ring (bicyclic) bond motifs is 2. The summed E-state index contributed by atoms with van der Waals surface area (Å²) < 4.78 is 40.7. The number of ketones is 1. The highest BCUT2D eigenvalue weighted by Crippen LogP contribution is 2.38. The maximum Gasteiger partial charge on any atom is 0.451 e. The van der Waals surface area contributed by atoms with E-state index in [-0.39, 0.29) is 29.5 Å². The summed E-state index contributed by atoms with van der Waals surface area (Å²) in [6, 6.07) is 17.2. The molecule has 0 radical (unpaired) electrons. The van der Waals surface area contributed by atoms with E-state index in [1.165, 1.54) is 0 Å². The van der Waals surface area contributed by atoms with Crippen LogP contribution in [0.1, 0.15) is 53.3 Å². The summed E-state index contributed by atoms with van der Waals surface area (Å²) in [5, 5.41) is 1.11.